The van der Waals surface area contributed by atoms with Crippen LogP contribution in [-0.2, 0) is 14.8 Å². The summed E-state index contributed by atoms with van der Waals surface area (Å²) in [6.45, 7) is -0.340. The molecule has 1 aliphatic heterocycles. The zero-order valence-corrected chi connectivity index (χ0v) is 16.6. The Morgan fingerprint density at radius 2 is 1.50 bits per heavy atom. The summed E-state index contributed by atoms with van der Waals surface area (Å²) in [5.41, 5.74) is -6.19. The first-order chi connectivity index (χ1) is 14.1. The van der Waals surface area contributed by atoms with Gasteiger partial charge in [-0.2, -0.15) is 21.6 Å². The van der Waals surface area contributed by atoms with Crippen molar-refractivity contribution in [1.29, 1.82) is 0 Å². The minimum atomic E-state index is -5.92. The number of likely N-dealkylation sites (tertiary alicyclic amines) is 1. The summed E-state index contributed by atoms with van der Waals surface area (Å²) in [5.74, 6) is -1.40. The molecule has 10 heteroatoms. The molecule has 1 heterocycles. The van der Waals surface area contributed by atoms with Crippen molar-refractivity contribution in [2.45, 2.75) is 18.3 Å². The number of carbonyl (C=O) groups excluding carboxylic acids is 2. The van der Waals surface area contributed by atoms with Crippen LogP contribution in [-0.4, -0.2) is 50.2 Å². The molecule has 3 rings (SSSR count). The predicted octanol–water partition coefficient (Wildman–Crippen LogP) is 3.20. The molecule has 0 bridgehead atoms. The number of amides is 1. The van der Waals surface area contributed by atoms with E-state index in [1.54, 1.807) is 18.2 Å². The highest BCUT2D eigenvalue weighted by atomic mass is 32.2. The molecule has 1 fully saturated rings. The maximum atomic E-state index is 13.4. The molecule has 1 aliphatic rings. The molecule has 2 aromatic carbocycles. The second-order valence-corrected chi connectivity index (χ2v) is 8.61. The lowest BCUT2D eigenvalue weighted by atomic mass is 10.0. The fourth-order valence-corrected chi connectivity index (χ4v) is 4.19. The van der Waals surface area contributed by atoms with E-state index in [4.69, 9.17) is 0 Å². The summed E-state index contributed by atoms with van der Waals surface area (Å²) in [6, 6.07) is 12.8. The number of nitrogens with zero attached hydrogens (tertiary/aromatic N) is 2. The average molecular weight is 440 g/mol. The second-order valence-electron chi connectivity index (χ2n) is 6.76. The third-order valence-corrected chi connectivity index (χ3v) is 6.26. The first-order valence-corrected chi connectivity index (χ1v) is 10.6. The van der Waals surface area contributed by atoms with Crippen molar-refractivity contribution in [2.24, 2.45) is 0 Å². The topological polar surface area (TPSA) is 74.8 Å². The third-order valence-electron chi connectivity index (χ3n) is 4.77. The molecule has 1 saturated heterocycles. The van der Waals surface area contributed by atoms with Crippen LogP contribution in [0.3, 0.4) is 0 Å². The van der Waals surface area contributed by atoms with Gasteiger partial charge in [0.05, 0.1) is 5.69 Å². The van der Waals surface area contributed by atoms with Crippen LogP contribution in [0.1, 0.15) is 28.8 Å². The molecule has 0 atom stereocenters. The van der Waals surface area contributed by atoms with Gasteiger partial charge in [0.15, 0.2) is 5.78 Å². The third kappa shape index (κ3) is 4.33. The zero-order valence-electron chi connectivity index (χ0n) is 15.8. The Morgan fingerprint density at radius 1 is 0.933 bits per heavy atom. The van der Waals surface area contributed by atoms with E-state index in [2.05, 4.69) is 0 Å². The normalized spacial score (nSPS) is 14.6. The fraction of sp³-hybridized carbons (Fsp3) is 0.300. The summed E-state index contributed by atoms with van der Waals surface area (Å²) in [4.78, 5) is 26.7. The number of halogens is 3. The highest BCUT2D eigenvalue weighted by Gasteiger charge is 2.51. The summed E-state index contributed by atoms with van der Waals surface area (Å²) in [5, 5.41) is 0. The number of ketones is 1. The van der Waals surface area contributed by atoms with Crippen LogP contribution in [0, 0.1) is 0 Å². The number of alkyl halides is 3. The molecule has 1 amide bonds. The van der Waals surface area contributed by atoms with E-state index in [0.29, 0.717) is 25.9 Å². The molecule has 0 N–H and O–H groups in total. The van der Waals surface area contributed by atoms with Gasteiger partial charge in [-0.1, -0.05) is 42.5 Å². The molecule has 30 heavy (non-hydrogen) atoms. The van der Waals surface area contributed by atoms with Gasteiger partial charge in [0.1, 0.15) is 6.54 Å². The van der Waals surface area contributed by atoms with Gasteiger partial charge in [-0.25, -0.2) is 0 Å². The van der Waals surface area contributed by atoms with Gasteiger partial charge < -0.3 is 4.90 Å². The van der Waals surface area contributed by atoms with Gasteiger partial charge in [0.25, 0.3) is 0 Å². The van der Waals surface area contributed by atoms with Crippen LogP contribution in [0.25, 0.3) is 0 Å². The van der Waals surface area contributed by atoms with Crippen molar-refractivity contribution in [3.8, 4) is 0 Å². The van der Waals surface area contributed by atoms with Crippen molar-refractivity contribution in [3.05, 3.63) is 65.7 Å². The quantitative estimate of drug-likeness (QED) is 0.647. The zero-order chi connectivity index (χ0) is 21.9. The van der Waals surface area contributed by atoms with Gasteiger partial charge in [0, 0.05) is 24.2 Å². The molecule has 0 aliphatic carbocycles. The lowest BCUT2D eigenvalue weighted by molar-refractivity contribution is -0.128. The first kappa shape index (κ1) is 21.8. The average Bonchev–Trinajstić information content (AvgIpc) is 3.26. The minimum Gasteiger partial charge on any atom is -0.341 e. The number of carbonyl (C=O) groups is 2. The van der Waals surface area contributed by atoms with Crippen LogP contribution in [0.4, 0.5) is 18.9 Å². The maximum absolute atomic E-state index is 13.4. The number of para-hydroxylation sites is 1. The van der Waals surface area contributed by atoms with Crippen molar-refractivity contribution in [2.75, 3.05) is 23.9 Å². The Bertz CT molecular complexity index is 1030. The molecule has 0 aromatic heterocycles. The minimum absolute atomic E-state index is 0.0101. The van der Waals surface area contributed by atoms with Crippen LogP contribution in [0.5, 0.6) is 0 Å². The molecular weight excluding hydrogens is 421 g/mol. The molecule has 0 saturated carbocycles. The standard InChI is InChI=1S/C20H19F3N2O4S/c21-20(22,23)30(28,29)25(14-18(26)24-12-6-7-13-24)17-11-5-4-10-16(17)19(27)15-8-2-1-3-9-15/h1-5,8-11H,6-7,12-14H2. The smallest absolute Gasteiger partial charge is 0.341 e. The largest absolute Gasteiger partial charge is 0.516 e. The Hall–Kier alpha value is -2.88. The number of hydrogen-bond acceptors (Lipinski definition) is 4. The van der Waals surface area contributed by atoms with Crippen LogP contribution < -0.4 is 4.31 Å². The molecule has 2 aromatic rings. The van der Waals surface area contributed by atoms with Gasteiger partial charge in [-0.05, 0) is 25.0 Å². The van der Waals surface area contributed by atoms with E-state index in [9.17, 15) is 31.2 Å². The van der Waals surface area contributed by atoms with E-state index < -0.39 is 39.5 Å². The summed E-state index contributed by atoms with van der Waals surface area (Å²) >= 11 is 0. The maximum Gasteiger partial charge on any atom is 0.516 e. The molecule has 0 spiro atoms. The monoisotopic (exact) mass is 440 g/mol. The highest BCUT2D eigenvalue weighted by Crippen LogP contribution is 2.33. The van der Waals surface area contributed by atoms with Crippen LogP contribution >= 0.6 is 0 Å². The lowest BCUT2D eigenvalue weighted by Crippen LogP contribution is -2.47. The van der Waals surface area contributed by atoms with E-state index in [-0.39, 0.29) is 15.4 Å². The van der Waals surface area contributed by atoms with E-state index in [1.807, 2.05) is 0 Å². The Kier molecular flexibility index (Phi) is 6.16. The van der Waals surface area contributed by atoms with Crippen LogP contribution in [0.15, 0.2) is 54.6 Å². The molecule has 160 valence electrons. The molecule has 0 unspecified atom stereocenters. The van der Waals surface area contributed by atoms with E-state index in [1.165, 1.54) is 35.2 Å². The number of rotatable bonds is 6. The molecule has 6 nitrogen and oxygen atoms in total. The second kappa shape index (κ2) is 8.47. The fourth-order valence-electron chi connectivity index (χ4n) is 3.24. The van der Waals surface area contributed by atoms with Gasteiger partial charge in [0.2, 0.25) is 5.91 Å². The van der Waals surface area contributed by atoms with Crippen molar-refractivity contribution < 1.29 is 31.2 Å². The number of anilines is 1. The SMILES string of the molecule is O=C(c1ccccc1)c1ccccc1N(CC(=O)N1CCCC1)S(=O)(=O)C(F)(F)F. The van der Waals surface area contributed by atoms with Crippen LogP contribution in [0.2, 0.25) is 0 Å². The van der Waals surface area contributed by atoms with Gasteiger partial charge >= 0.3 is 15.5 Å². The van der Waals surface area contributed by atoms with Gasteiger partial charge in [-0.3, -0.25) is 13.9 Å². The van der Waals surface area contributed by atoms with Crippen molar-refractivity contribution in [3.63, 3.8) is 0 Å². The van der Waals surface area contributed by atoms with E-state index in [0.717, 1.165) is 6.07 Å². The van der Waals surface area contributed by atoms with Crippen molar-refractivity contribution >= 4 is 27.4 Å². The summed E-state index contributed by atoms with van der Waals surface area (Å²) in [6.07, 6.45) is 1.39. The number of sulfonamides is 1. The predicted molar refractivity (Wildman–Crippen MR) is 104 cm³/mol. The number of benzene rings is 2. The summed E-state index contributed by atoms with van der Waals surface area (Å²) in [7, 11) is -5.92. The Balaban J connectivity index is 2.08. The molecule has 0 radical (unpaired) electrons. The number of hydrogen-bond donors (Lipinski definition) is 0. The van der Waals surface area contributed by atoms with Gasteiger partial charge in [-0.15, -0.1) is 0 Å². The van der Waals surface area contributed by atoms with Crippen molar-refractivity contribution in [1.82, 2.24) is 4.90 Å². The molecular formula is C20H19F3N2O4S. The highest BCUT2D eigenvalue weighted by molar-refractivity contribution is 7.93. The lowest BCUT2D eigenvalue weighted by Gasteiger charge is -2.28. The summed E-state index contributed by atoms with van der Waals surface area (Å²) < 4.78 is 64.9. The Morgan fingerprint density at radius 3 is 2.10 bits per heavy atom. The Labute approximate surface area is 172 Å². The first-order valence-electron chi connectivity index (χ1n) is 9.18. The van der Waals surface area contributed by atoms with E-state index >= 15 is 0 Å².